The summed E-state index contributed by atoms with van der Waals surface area (Å²) in [4.78, 5) is 2.32. The van der Waals surface area contributed by atoms with E-state index < -0.39 is 0 Å². The Morgan fingerprint density at radius 2 is 2.12 bits per heavy atom. The van der Waals surface area contributed by atoms with Crippen LogP contribution < -0.4 is 5.32 Å². The quantitative estimate of drug-likeness (QED) is 0.755. The summed E-state index contributed by atoms with van der Waals surface area (Å²) in [5, 5.41) is 3.33. The Kier molecular flexibility index (Phi) is 6.30. The van der Waals surface area contributed by atoms with Crippen molar-refractivity contribution in [2.24, 2.45) is 0 Å². The minimum Gasteiger partial charge on any atom is -0.465 e. The van der Waals surface area contributed by atoms with Crippen LogP contribution in [0, 0.1) is 6.92 Å². The monoisotopic (exact) mass is 238 g/mol. The number of furan rings is 1. The molecule has 98 valence electrons. The van der Waals surface area contributed by atoms with Crippen molar-refractivity contribution in [1.82, 2.24) is 10.2 Å². The van der Waals surface area contributed by atoms with Gasteiger partial charge in [-0.2, -0.15) is 0 Å². The van der Waals surface area contributed by atoms with E-state index in [1.165, 1.54) is 18.4 Å². The number of rotatable bonds is 8. The molecular formula is C14H26N2O. The molecular weight excluding hydrogens is 212 g/mol. The summed E-state index contributed by atoms with van der Waals surface area (Å²) in [6.45, 7) is 10.3. The number of unbranched alkanes of at least 4 members (excludes halogenated alkanes) is 1. The molecule has 3 heteroatoms. The van der Waals surface area contributed by atoms with E-state index in [2.05, 4.69) is 37.2 Å². The second-order valence-corrected chi connectivity index (χ2v) is 4.67. The van der Waals surface area contributed by atoms with Crippen LogP contribution in [-0.4, -0.2) is 25.0 Å². The summed E-state index contributed by atoms with van der Waals surface area (Å²) in [5.41, 5.74) is 1.28. The van der Waals surface area contributed by atoms with Crippen LogP contribution >= 0.6 is 0 Å². The highest BCUT2D eigenvalue weighted by Crippen LogP contribution is 2.16. The van der Waals surface area contributed by atoms with Gasteiger partial charge in [-0.3, -0.25) is 4.90 Å². The molecule has 0 aliphatic carbocycles. The van der Waals surface area contributed by atoms with Crippen molar-refractivity contribution >= 4 is 0 Å². The number of hydrogen-bond acceptors (Lipinski definition) is 3. The average Bonchev–Trinajstić information content (AvgIpc) is 2.64. The van der Waals surface area contributed by atoms with Gasteiger partial charge in [-0.25, -0.2) is 0 Å². The molecule has 1 rings (SSSR count). The second-order valence-electron chi connectivity index (χ2n) is 4.67. The Labute approximate surface area is 105 Å². The van der Waals surface area contributed by atoms with Gasteiger partial charge in [0, 0.05) is 12.1 Å². The largest absolute Gasteiger partial charge is 0.465 e. The molecule has 1 aromatic heterocycles. The molecule has 0 bridgehead atoms. The molecule has 1 N–H and O–H groups in total. The molecule has 0 aliphatic heterocycles. The maximum atomic E-state index is 5.78. The zero-order valence-electron chi connectivity index (χ0n) is 11.7. The maximum absolute atomic E-state index is 5.78. The Morgan fingerprint density at radius 3 is 2.76 bits per heavy atom. The molecule has 0 fully saturated rings. The zero-order chi connectivity index (χ0) is 12.7. The summed E-state index contributed by atoms with van der Waals surface area (Å²) >= 11 is 0. The van der Waals surface area contributed by atoms with E-state index in [1.54, 1.807) is 0 Å². The first-order valence-corrected chi connectivity index (χ1v) is 6.64. The molecule has 0 amide bonds. The van der Waals surface area contributed by atoms with Gasteiger partial charge in [-0.15, -0.1) is 0 Å². The Morgan fingerprint density at radius 1 is 1.35 bits per heavy atom. The first-order valence-electron chi connectivity index (χ1n) is 6.64. The SMILES string of the molecule is CCCCN(C)Cc1cc(CNCC)c(C)o1. The number of hydrogen-bond donors (Lipinski definition) is 1. The number of aryl methyl sites for hydroxylation is 1. The second kappa shape index (κ2) is 7.51. The zero-order valence-corrected chi connectivity index (χ0v) is 11.7. The van der Waals surface area contributed by atoms with Gasteiger partial charge in [0.25, 0.3) is 0 Å². The topological polar surface area (TPSA) is 28.4 Å². The van der Waals surface area contributed by atoms with Crippen LogP contribution in [0.2, 0.25) is 0 Å². The van der Waals surface area contributed by atoms with E-state index in [-0.39, 0.29) is 0 Å². The van der Waals surface area contributed by atoms with Crippen molar-refractivity contribution in [2.75, 3.05) is 20.1 Å². The maximum Gasteiger partial charge on any atom is 0.118 e. The van der Waals surface area contributed by atoms with Crippen LogP contribution in [0.15, 0.2) is 10.5 Å². The fourth-order valence-electron chi connectivity index (χ4n) is 1.87. The molecule has 0 radical (unpaired) electrons. The molecule has 0 spiro atoms. The van der Waals surface area contributed by atoms with Gasteiger partial charge in [0.1, 0.15) is 11.5 Å². The third kappa shape index (κ3) is 4.92. The molecule has 1 heterocycles. The highest BCUT2D eigenvalue weighted by molar-refractivity contribution is 5.20. The molecule has 1 aromatic rings. The van der Waals surface area contributed by atoms with Gasteiger partial charge < -0.3 is 9.73 Å². The van der Waals surface area contributed by atoms with Crippen molar-refractivity contribution in [3.63, 3.8) is 0 Å². The van der Waals surface area contributed by atoms with E-state index >= 15 is 0 Å². The van der Waals surface area contributed by atoms with E-state index in [1.807, 2.05) is 6.92 Å². The fourth-order valence-corrected chi connectivity index (χ4v) is 1.87. The normalized spacial score (nSPS) is 11.4. The number of nitrogens with one attached hydrogen (secondary N) is 1. The Bertz CT molecular complexity index is 320. The first-order chi connectivity index (χ1) is 8.17. The molecule has 0 saturated carbocycles. The van der Waals surface area contributed by atoms with Gasteiger partial charge >= 0.3 is 0 Å². The van der Waals surface area contributed by atoms with Crippen LogP contribution in [0.3, 0.4) is 0 Å². The highest BCUT2D eigenvalue weighted by atomic mass is 16.3. The van der Waals surface area contributed by atoms with E-state index in [0.717, 1.165) is 37.7 Å². The minimum atomic E-state index is 0.907. The molecule has 3 nitrogen and oxygen atoms in total. The van der Waals surface area contributed by atoms with Gasteiger partial charge in [0.2, 0.25) is 0 Å². The first kappa shape index (κ1) is 14.3. The van der Waals surface area contributed by atoms with Gasteiger partial charge in [0.05, 0.1) is 6.54 Å². The van der Waals surface area contributed by atoms with Crippen LogP contribution in [0.4, 0.5) is 0 Å². The van der Waals surface area contributed by atoms with Gasteiger partial charge in [-0.1, -0.05) is 20.3 Å². The van der Waals surface area contributed by atoms with Gasteiger partial charge in [0.15, 0.2) is 0 Å². The third-order valence-electron chi connectivity index (χ3n) is 2.96. The van der Waals surface area contributed by atoms with E-state index in [4.69, 9.17) is 4.42 Å². The average molecular weight is 238 g/mol. The van der Waals surface area contributed by atoms with Gasteiger partial charge in [-0.05, 0) is 39.5 Å². The van der Waals surface area contributed by atoms with Crippen molar-refractivity contribution in [3.8, 4) is 0 Å². The summed E-state index contributed by atoms with van der Waals surface area (Å²) in [6.07, 6.45) is 2.49. The van der Waals surface area contributed by atoms with Crippen molar-refractivity contribution in [3.05, 3.63) is 23.2 Å². The lowest BCUT2D eigenvalue weighted by atomic mass is 10.2. The van der Waals surface area contributed by atoms with Crippen LogP contribution in [0.1, 0.15) is 43.8 Å². The van der Waals surface area contributed by atoms with Crippen LogP contribution in [0.5, 0.6) is 0 Å². The van der Waals surface area contributed by atoms with E-state index in [0.29, 0.717) is 0 Å². The lowest BCUT2D eigenvalue weighted by molar-refractivity contribution is 0.288. The number of nitrogens with zero attached hydrogens (tertiary/aromatic N) is 1. The Balaban J connectivity index is 2.48. The van der Waals surface area contributed by atoms with E-state index in [9.17, 15) is 0 Å². The molecule has 17 heavy (non-hydrogen) atoms. The summed E-state index contributed by atoms with van der Waals surface area (Å²) < 4.78 is 5.78. The molecule has 0 atom stereocenters. The molecule has 0 aliphatic rings. The Hall–Kier alpha value is -0.800. The van der Waals surface area contributed by atoms with Crippen molar-refractivity contribution in [1.29, 1.82) is 0 Å². The standard InChI is InChI=1S/C14H26N2O/c1-5-7-8-16(4)11-14-9-13(10-15-6-2)12(3)17-14/h9,15H,5-8,10-11H2,1-4H3. The summed E-state index contributed by atoms with van der Waals surface area (Å²) in [6, 6.07) is 2.18. The third-order valence-corrected chi connectivity index (χ3v) is 2.96. The highest BCUT2D eigenvalue weighted by Gasteiger charge is 2.08. The minimum absolute atomic E-state index is 0.907. The predicted molar refractivity (Wildman–Crippen MR) is 72.1 cm³/mol. The van der Waals surface area contributed by atoms with Crippen molar-refractivity contribution < 1.29 is 4.42 Å². The van der Waals surface area contributed by atoms with Crippen LogP contribution in [-0.2, 0) is 13.1 Å². The predicted octanol–water partition coefficient (Wildman–Crippen LogP) is 2.93. The lowest BCUT2D eigenvalue weighted by Crippen LogP contribution is -2.18. The fraction of sp³-hybridized carbons (Fsp3) is 0.714. The lowest BCUT2D eigenvalue weighted by Gasteiger charge is -2.13. The molecule has 0 saturated heterocycles. The van der Waals surface area contributed by atoms with Crippen LogP contribution in [0.25, 0.3) is 0 Å². The summed E-state index contributed by atoms with van der Waals surface area (Å²) in [5.74, 6) is 2.12. The smallest absolute Gasteiger partial charge is 0.118 e. The van der Waals surface area contributed by atoms with Crippen molar-refractivity contribution in [2.45, 2.75) is 46.7 Å². The summed E-state index contributed by atoms with van der Waals surface area (Å²) in [7, 11) is 2.15. The molecule has 0 unspecified atom stereocenters. The molecule has 0 aromatic carbocycles.